The number of hydrogen-bond donors (Lipinski definition) is 2. The first-order valence-electron chi connectivity index (χ1n) is 5.88. The maximum atomic E-state index is 11.7. The van der Waals surface area contributed by atoms with E-state index in [1.807, 2.05) is 13.8 Å². The summed E-state index contributed by atoms with van der Waals surface area (Å²) in [4.78, 5) is 23.6. The minimum absolute atomic E-state index is 0.0871. The summed E-state index contributed by atoms with van der Waals surface area (Å²) in [5.41, 5.74) is 0.992. The van der Waals surface area contributed by atoms with E-state index < -0.39 is 17.9 Å². The Morgan fingerprint density at radius 2 is 1.72 bits per heavy atom. The van der Waals surface area contributed by atoms with Gasteiger partial charge >= 0.3 is 12.0 Å². The fourth-order valence-corrected chi connectivity index (χ4v) is 1.01. The molecule has 0 aromatic carbocycles. The van der Waals surface area contributed by atoms with Gasteiger partial charge in [0.05, 0.1) is 5.92 Å². The van der Waals surface area contributed by atoms with Gasteiger partial charge in [0.1, 0.15) is 0 Å². The Kier molecular flexibility index (Phi) is 9.57. The van der Waals surface area contributed by atoms with Crippen LogP contribution in [0.2, 0.25) is 0 Å². The Hall–Kier alpha value is -1.78. The highest BCUT2D eigenvalue weighted by molar-refractivity contribution is 5.78. The third-order valence-corrected chi connectivity index (χ3v) is 1.90. The van der Waals surface area contributed by atoms with Crippen LogP contribution in [0, 0.1) is 5.92 Å². The molecule has 2 amide bonds. The van der Waals surface area contributed by atoms with Crippen LogP contribution in [0.5, 0.6) is 0 Å². The zero-order valence-electron chi connectivity index (χ0n) is 11.9. The number of carboxylic acid groups (broad SMARTS) is 1. The standard InChI is InChI=1S/C11H18N2O3.C2H6/c1-7(2)12-11(16)13(8(3)4)6-9(5)10(14)15;1-2/h9H,1,3,6H2,2,4-5H3,(H,12,16)(H,14,15);1-2H3. The van der Waals surface area contributed by atoms with Crippen LogP contribution in [0.1, 0.15) is 34.6 Å². The first-order chi connectivity index (χ1) is 8.25. The van der Waals surface area contributed by atoms with E-state index in [9.17, 15) is 9.59 Å². The Bertz CT molecular complexity index is 324. The van der Waals surface area contributed by atoms with Crippen molar-refractivity contribution in [3.8, 4) is 0 Å². The summed E-state index contributed by atoms with van der Waals surface area (Å²) in [5, 5.41) is 11.3. The molecule has 0 radical (unpaired) electrons. The van der Waals surface area contributed by atoms with Gasteiger partial charge in [0.15, 0.2) is 0 Å². The molecular weight excluding hydrogens is 232 g/mol. The Morgan fingerprint density at radius 1 is 1.28 bits per heavy atom. The van der Waals surface area contributed by atoms with Gasteiger partial charge in [0.2, 0.25) is 0 Å². The number of amides is 2. The average molecular weight is 256 g/mol. The van der Waals surface area contributed by atoms with Crippen LogP contribution in [0.25, 0.3) is 0 Å². The maximum Gasteiger partial charge on any atom is 0.325 e. The summed E-state index contributed by atoms with van der Waals surface area (Å²) in [6.45, 7) is 16.1. The molecule has 1 atom stereocenters. The number of nitrogens with one attached hydrogen (secondary N) is 1. The third-order valence-electron chi connectivity index (χ3n) is 1.90. The number of hydrogen-bond acceptors (Lipinski definition) is 2. The highest BCUT2D eigenvalue weighted by Gasteiger charge is 2.20. The first kappa shape index (κ1) is 18.6. The van der Waals surface area contributed by atoms with Gasteiger partial charge in [-0.2, -0.15) is 0 Å². The molecule has 0 spiro atoms. The van der Waals surface area contributed by atoms with Crippen molar-refractivity contribution in [2.75, 3.05) is 6.54 Å². The van der Waals surface area contributed by atoms with E-state index in [0.29, 0.717) is 11.4 Å². The molecule has 0 heterocycles. The van der Waals surface area contributed by atoms with Crippen LogP contribution in [-0.2, 0) is 4.79 Å². The van der Waals surface area contributed by atoms with E-state index in [2.05, 4.69) is 18.5 Å². The third kappa shape index (κ3) is 7.49. The smallest absolute Gasteiger partial charge is 0.325 e. The minimum atomic E-state index is -0.950. The molecule has 0 aliphatic heterocycles. The van der Waals surface area contributed by atoms with E-state index in [-0.39, 0.29) is 6.54 Å². The van der Waals surface area contributed by atoms with Crippen molar-refractivity contribution < 1.29 is 14.7 Å². The van der Waals surface area contributed by atoms with Crippen molar-refractivity contribution in [3.63, 3.8) is 0 Å². The lowest BCUT2D eigenvalue weighted by molar-refractivity contribution is -0.141. The highest BCUT2D eigenvalue weighted by Crippen LogP contribution is 2.07. The van der Waals surface area contributed by atoms with Gasteiger partial charge in [-0.1, -0.05) is 33.9 Å². The molecule has 0 rings (SSSR count). The van der Waals surface area contributed by atoms with Crippen LogP contribution in [0.4, 0.5) is 4.79 Å². The number of carbonyl (C=O) groups is 2. The molecule has 2 N–H and O–H groups in total. The van der Waals surface area contributed by atoms with Crippen molar-refractivity contribution in [1.82, 2.24) is 10.2 Å². The van der Waals surface area contributed by atoms with Gasteiger partial charge in [-0.25, -0.2) is 4.79 Å². The van der Waals surface area contributed by atoms with Crippen LogP contribution in [0.3, 0.4) is 0 Å². The lowest BCUT2D eigenvalue weighted by atomic mass is 10.1. The van der Waals surface area contributed by atoms with Gasteiger partial charge in [-0.15, -0.1) is 0 Å². The molecule has 0 saturated heterocycles. The highest BCUT2D eigenvalue weighted by atomic mass is 16.4. The summed E-state index contributed by atoms with van der Waals surface area (Å²) >= 11 is 0. The van der Waals surface area contributed by atoms with Crippen LogP contribution in [-0.4, -0.2) is 28.6 Å². The quantitative estimate of drug-likeness (QED) is 0.794. The second kappa shape index (κ2) is 9.27. The monoisotopic (exact) mass is 256 g/mol. The number of nitrogens with zero attached hydrogens (tertiary/aromatic N) is 1. The van der Waals surface area contributed by atoms with Gasteiger partial charge in [0, 0.05) is 17.9 Å². The minimum Gasteiger partial charge on any atom is -0.481 e. The van der Waals surface area contributed by atoms with Crippen LogP contribution >= 0.6 is 0 Å². The molecule has 0 bridgehead atoms. The van der Waals surface area contributed by atoms with Crippen molar-refractivity contribution in [1.29, 1.82) is 0 Å². The number of urea groups is 1. The van der Waals surface area contributed by atoms with Crippen LogP contribution < -0.4 is 5.32 Å². The zero-order valence-corrected chi connectivity index (χ0v) is 11.9. The summed E-state index contributed by atoms with van der Waals surface area (Å²) < 4.78 is 0. The molecule has 18 heavy (non-hydrogen) atoms. The normalized spacial score (nSPS) is 10.5. The van der Waals surface area contributed by atoms with E-state index in [0.717, 1.165) is 0 Å². The summed E-state index contributed by atoms with van der Waals surface area (Å²) in [5.74, 6) is -1.60. The molecule has 0 fully saturated rings. The van der Waals surface area contributed by atoms with Gasteiger partial charge in [0.25, 0.3) is 0 Å². The Labute approximate surface area is 109 Å². The van der Waals surface area contributed by atoms with E-state index in [1.54, 1.807) is 13.8 Å². The Balaban J connectivity index is 0. The van der Waals surface area contributed by atoms with Gasteiger partial charge < -0.3 is 10.4 Å². The summed E-state index contributed by atoms with van der Waals surface area (Å²) in [7, 11) is 0. The SMILES string of the molecule is C=C(C)NC(=O)N(CC(C)C(=O)O)C(=C)C.CC. The molecule has 0 aliphatic carbocycles. The molecule has 0 saturated carbocycles. The number of carbonyl (C=O) groups excluding carboxylic acids is 1. The molecule has 0 aromatic heterocycles. The second-order valence-corrected chi connectivity index (χ2v) is 3.80. The maximum absolute atomic E-state index is 11.7. The van der Waals surface area contributed by atoms with E-state index in [4.69, 9.17) is 5.11 Å². The number of allylic oxidation sites excluding steroid dienone is 2. The van der Waals surface area contributed by atoms with Crippen molar-refractivity contribution in [3.05, 3.63) is 24.6 Å². The molecule has 0 aromatic rings. The predicted molar refractivity (Wildman–Crippen MR) is 73.0 cm³/mol. The average Bonchev–Trinajstić information content (AvgIpc) is 2.26. The molecule has 1 unspecified atom stereocenters. The van der Waals surface area contributed by atoms with Crippen LogP contribution in [0.15, 0.2) is 24.6 Å². The Morgan fingerprint density at radius 3 is 2.00 bits per heavy atom. The van der Waals surface area contributed by atoms with Gasteiger partial charge in [-0.3, -0.25) is 9.69 Å². The number of aliphatic carboxylic acids is 1. The van der Waals surface area contributed by atoms with Crippen molar-refractivity contribution in [2.45, 2.75) is 34.6 Å². The molecular formula is C13H24N2O3. The largest absolute Gasteiger partial charge is 0.481 e. The van der Waals surface area contributed by atoms with E-state index in [1.165, 1.54) is 11.8 Å². The molecule has 5 heteroatoms. The second-order valence-electron chi connectivity index (χ2n) is 3.80. The summed E-state index contributed by atoms with van der Waals surface area (Å²) in [6.07, 6.45) is 0. The predicted octanol–water partition coefficient (Wildman–Crippen LogP) is 2.81. The van der Waals surface area contributed by atoms with Gasteiger partial charge in [-0.05, 0) is 13.8 Å². The molecule has 5 nitrogen and oxygen atoms in total. The first-order valence-corrected chi connectivity index (χ1v) is 5.88. The number of carboxylic acids is 1. The summed E-state index contributed by atoms with van der Waals surface area (Å²) in [6, 6.07) is -0.409. The van der Waals surface area contributed by atoms with Crippen molar-refractivity contribution in [2.24, 2.45) is 5.92 Å². The fraction of sp³-hybridized carbons (Fsp3) is 0.538. The molecule has 104 valence electrons. The fourth-order valence-electron chi connectivity index (χ4n) is 1.01. The molecule has 0 aliphatic rings. The van der Waals surface area contributed by atoms with Crippen molar-refractivity contribution >= 4 is 12.0 Å². The lowest BCUT2D eigenvalue weighted by Crippen LogP contribution is -2.41. The van der Waals surface area contributed by atoms with E-state index >= 15 is 0 Å². The lowest BCUT2D eigenvalue weighted by Gasteiger charge is -2.24. The zero-order chi connectivity index (χ0) is 14.9. The topological polar surface area (TPSA) is 69.6 Å². The number of rotatable bonds is 5.